The maximum Gasteiger partial charge on any atom is 0.220 e. The number of carbonyl (C=O) groups is 1. The summed E-state index contributed by atoms with van der Waals surface area (Å²) in [5.41, 5.74) is 7.10. The van der Waals surface area contributed by atoms with Crippen LogP contribution in [-0.2, 0) is 16.1 Å². The molecule has 1 aromatic carbocycles. The van der Waals surface area contributed by atoms with Crippen LogP contribution in [0.5, 0.6) is 0 Å². The number of hydrogen-bond donors (Lipinski definition) is 3. The van der Waals surface area contributed by atoms with Gasteiger partial charge in [-0.3, -0.25) is 4.79 Å². The van der Waals surface area contributed by atoms with Crippen LogP contribution in [0.4, 0.5) is 0 Å². The molecule has 6 heteroatoms. The summed E-state index contributed by atoms with van der Waals surface area (Å²) in [6.45, 7) is 1.29. The number of nitrogens with two attached hydrogens (primary N) is 1. The van der Waals surface area contributed by atoms with Crippen molar-refractivity contribution in [2.75, 3.05) is 6.61 Å². The van der Waals surface area contributed by atoms with Gasteiger partial charge in [0.15, 0.2) is 5.84 Å². The van der Waals surface area contributed by atoms with Crippen LogP contribution in [0, 0.1) is 0 Å². The molecule has 1 fully saturated rings. The number of hydrogen-bond acceptors (Lipinski definition) is 4. The van der Waals surface area contributed by atoms with E-state index in [0.29, 0.717) is 18.5 Å². The summed E-state index contributed by atoms with van der Waals surface area (Å²) in [5, 5.41) is 14.4. The molecule has 1 unspecified atom stereocenters. The molecule has 1 heterocycles. The van der Waals surface area contributed by atoms with Gasteiger partial charge in [-0.1, -0.05) is 29.4 Å². The number of carbonyl (C=O) groups excluding carboxylic acids is 1. The van der Waals surface area contributed by atoms with Crippen LogP contribution in [0.3, 0.4) is 0 Å². The van der Waals surface area contributed by atoms with Crippen LogP contribution in [0.1, 0.15) is 36.8 Å². The van der Waals surface area contributed by atoms with Gasteiger partial charge >= 0.3 is 0 Å². The van der Waals surface area contributed by atoms with Crippen LogP contribution in [0.15, 0.2) is 29.4 Å². The molecule has 2 rings (SSSR count). The second-order valence-corrected chi connectivity index (χ2v) is 5.13. The molecule has 1 amide bonds. The maximum atomic E-state index is 11.8. The summed E-state index contributed by atoms with van der Waals surface area (Å²) < 4.78 is 5.49. The lowest BCUT2D eigenvalue weighted by Crippen LogP contribution is -2.24. The quantitative estimate of drug-likeness (QED) is 0.319. The zero-order valence-corrected chi connectivity index (χ0v) is 11.9. The van der Waals surface area contributed by atoms with Crippen LogP contribution in [0.25, 0.3) is 0 Å². The zero-order chi connectivity index (χ0) is 15.1. The van der Waals surface area contributed by atoms with E-state index in [2.05, 4.69) is 10.5 Å². The van der Waals surface area contributed by atoms with Crippen LogP contribution >= 0.6 is 0 Å². The van der Waals surface area contributed by atoms with Crippen LogP contribution < -0.4 is 11.1 Å². The molecule has 0 bridgehead atoms. The largest absolute Gasteiger partial charge is 0.409 e. The molecule has 0 saturated carbocycles. The van der Waals surface area contributed by atoms with Gasteiger partial charge in [-0.2, -0.15) is 0 Å². The average Bonchev–Trinajstić information content (AvgIpc) is 3.04. The molecule has 1 aliphatic heterocycles. The summed E-state index contributed by atoms with van der Waals surface area (Å²) in [6, 6.07) is 7.19. The van der Waals surface area contributed by atoms with Crippen molar-refractivity contribution in [2.45, 2.75) is 38.3 Å². The summed E-state index contributed by atoms with van der Waals surface area (Å²) in [7, 11) is 0. The standard InChI is InChI=1S/C15H21N3O3/c16-15(18-20)12-5-3-11(4-6-12)10-17-14(19)8-7-13-2-1-9-21-13/h3-6,13,20H,1-2,7-10H2,(H2,16,18)(H,17,19). The van der Waals surface area contributed by atoms with E-state index in [1.165, 1.54) is 0 Å². The SMILES string of the molecule is NC(=NO)c1ccc(CNC(=O)CCC2CCCO2)cc1. The van der Waals surface area contributed by atoms with Gasteiger partial charge in [-0.25, -0.2) is 0 Å². The highest BCUT2D eigenvalue weighted by Crippen LogP contribution is 2.16. The minimum absolute atomic E-state index is 0.0333. The highest BCUT2D eigenvalue weighted by atomic mass is 16.5. The van der Waals surface area contributed by atoms with E-state index in [0.717, 1.165) is 31.4 Å². The second-order valence-electron chi connectivity index (χ2n) is 5.13. The fraction of sp³-hybridized carbons (Fsp3) is 0.467. The molecule has 0 radical (unpaired) electrons. The molecular formula is C15H21N3O3. The van der Waals surface area contributed by atoms with Crippen molar-refractivity contribution in [3.8, 4) is 0 Å². The van der Waals surface area contributed by atoms with Gasteiger partial charge < -0.3 is 21.0 Å². The van der Waals surface area contributed by atoms with Crippen molar-refractivity contribution in [1.82, 2.24) is 5.32 Å². The Morgan fingerprint density at radius 3 is 2.81 bits per heavy atom. The fourth-order valence-corrected chi connectivity index (χ4v) is 2.30. The van der Waals surface area contributed by atoms with Crippen LogP contribution in [0.2, 0.25) is 0 Å². The van der Waals surface area contributed by atoms with Crippen molar-refractivity contribution >= 4 is 11.7 Å². The van der Waals surface area contributed by atoms with Crippen LogP contribution in [-0.4, -0.2) is 29.7 Å². The van der Waals surface area contributed by atoms with Crippen molar-refractivity contribution in [1.29, 1.82) is 0 Å². The normalized spacial score (nSPS) is 18.7. The van der Waals surface area contributed by atoms with Gasteiger partial charge in [0.05, 0.1) is 6.10 Å². The Morgan fingerprint density at radius 2 is 2.19 bits per heavy atom. The Bertz CT molecular complexity index is 493. The molecule has 1 atom stereocenters. The predicted octanol–water partition coefficient (Wildman–Crippen LogP) is 1.36. The molecule has 1 aliphatic rings. The minimum atomic E-state index is 0.0333. The second kappa shape index (κ2) is 7.64. The molecule has 0 aliphatic carbocycles. The molecule has 1 saturated heterocycles. The van der Waals surface area contributed by atoms with Gasteiger partial charge in [0.25, 0.3) is 0 Å². The Labute approximate surface area is 124 Å². The van der Waals surface area contributed by atoms with E-state index < -0.39 is 0 Å². The number of nitrogens with one attached hydrogen (secondary N) is 1. The van der Waals surface area contributed by atoms with Gasteiger partial charge in [-0.15, -0.1) is 0 Å². The first kappa shape index (κ1) is 15.3. The number of rotatable bonds is 6. The van der Waals surface area contributed by atoms with E-state index in [1.807, 2.05) is 12.1 Å². The summed E-state index contributed by atoms with van der Waals surface area (Å²) in [6.07, 6.45) is 3.68. The average molecular weight is 291 g/mol. The molecule has 114 valence electrons. The highest BCUT2D eigenvalue weighted by molar-refractivity contribution is 5.96. The van der Waals surface area contributed by atoms with E-state index in [4.69, 9.17) is 15.7 Å². The van der Waals surface area contributed by atoms with Gasteiger partial charge in [0.2, 0.25) is 5.91 Å². The minimum Gasteiger partial charge on any atom is -0.409 e. The van der Waals surface area contributed by atoms with E-state index in [1.54, 1.807) is 12.1 Å². The van der Waals surface area contributed by atoms with Crippen molar-refractivity contribution in [3.63, 3.8) is 0 Å². The van der Waals surface area contributed by atoms with Gasteiger partial charge in [-0.05, 0) is 24.8 Å². The molecular weight excluding hydrogens is 270 g/mol. The Hall–Kier alpha value is -2.08. The monoisotopic (exact) mass is 291 g/mol. The number of nitrogens with zero attached hydrogens (tertiary/aromatic N) is 1. The lowest BCUT2D eigenvalue weighted by atomic mass is 10.1. The Morgan fingerprint density at radius 1 is 1.43 bits per heavy atom. The lowest BCUT2D eigenvalue weighted by molar-refractivity contribution is -0.121. The summed E-state index contributed by atoms with van der Waals surface area (Å²) >= 11 is 0. The smallest absolute Gasteiger partial charge is 0.220 e. The Balaban J connectivity index is 1.73. The predicted molar refractivity (Wildman–Crippen MR) is 79.0 cm³/mol. The van der Waals surface area contributed by atoms with E-state index in [-0.39, 0.29) is 17.8 Å². The number of ether oxygens (including phenoxy) is 1. The number of oxime groups is 1. The number of amidine groups is 1. The third-order valence-corrected chi connectivity index (χ3v) is 3.56. The molecule has 6 nitrogen and oxygen atoms in total. The third kappa shape index (κ3) is 4.75. The van der Waals surface area contributed by atoms with E-state index in [9.17, 15) is 4.79 Å². The van der Waals surface area contributed by atoms with Crippen molar-refractivity contribution < 1.29 is 14.7 Å². The van der Waals surface area contributed by atoms with E-state index >= 15 is 0 Å². The van der Waals surface area contributed by atoms with Crippen molar-refractivity contribution in [2.24, 2.45) is 10.9 Å². The van der Waals surface area contributed by atoms with Gasteiger partial charge in [0, 0.05) is 25.1 Å². The summed E-state index contributed by atoms with van der Waals surface area (Å²) in [5.74, 6) is 0.105. The molecule has 21 heavy (non-hydrogen) atoms. The molecule has 4 N–H and O–H groups in total. The van der Waals surface area contributed by atoms with Gasteiger partial charge in [0.1, 0.15) is 0 Å². The topological polar surface area (TPSA) is 96.9 Å². The molecule has 0 aromatic heterocycles. The first-order valence-electron chi connectivity index (χ1n) is 7.14. The fourth-order valence-electron chi connectivity index (χ4n) is 2.30. The lowest BCUT2D eigenvalue weighted by Gasteiger charge is -2.09. The first-order valence-corrected chi connectivity index (χ1v) is 7.14. The number of amides is 1. The maximum absolute atomic E-state index is 11.8. The Kier molecular flexibility index (Phi) is 5.57. The highest BCUT2D eigenvalue weighted by Gasteiger charge is 2.16. The van der Waals surface area contributed by atoms with Crippen molar-refractivity contribution in [3.05, 3.63) is 35.4 Å². The molecule has 0 spiro atoms. The zero-order valence-electron chi connectivity index (χ0n) is 11.9. The molecule has 1 aromatic rings. The first-order chi connectivity index (χ1) is 10.2. The summed E-state index contributed by atoms with van der Waals surface area (Å²) in [4.78, 5) is 11.8. The number of benzene rings is 1. The third-order valence-electron chi connectivity index (χ3n) is 3.56.